The van der Waals surface area contributed by atoms with Gasteiger partial charge in [-0.25, -0.2) is 0 Å². The highest BCUT2D eigenvalue weighted by Crippen LogP contribution is 2.52. The van der Waals surface area contributed by atoms with E-state index in [9.17, 15) is 0 Å². The number of thiophene rings is 1. The number of rotatable bonds is 4. The Labute approximate surface area is 267 Å². The van der Waals surface area contributed by atoms with Crippen LogP contribution in [0.2, 0.25) is 0 Å². The maximum absolute atomic E-state index is 2.46. The Morgan fingerprint density at radius 1 is 0.489 bits per heavy atom. The summed E-state index contributed by atoms with van der Waals surface area (Å²) >= 11 is 1.92. The quantitative estimate of drug-likeness (QED) is 0.196. The Balaban J connectivity index is 1.33. The molecular weight excluding hydrogens is 563 g/mol. The Hall–Kier alpha value is -5.18. The zero-order valence-electron chi connectivity index (χ0n) is 25.3. The second kappa shape index (κ2) is 9.92. The van der Waals surface area contributed by atoms with Crippen LogP contribution in [-0.4, -0.2) is 0 Å². The molecule has 1 aromatic heterocycles. The minimum atomic E-state index is -0.0720. The summed E-state index contributed by atoms with van der Waals surface area (Å²) in [7, 11) is 0. The Morgan fingerprint density at radius 3 is 2.02 bits per heavy atom. The summed E-state index contributed by atoms with van der Waals surface area (Å²) in [6.45, 7) is 4.72. The first-order chi connectivity index (χ1) is 22.1. The van der Waals surface area contributed by atoms with Crippen molar-refractivity contribution >= 4 is 59.3 Å². The van der Waals surface area contributed by atoms with E-state index in [1.54, 1.807) is 0 Å². The van der Waals surface area contributed by atoms with Crippen molar-refractivity contribution in [1.82, 2.24) is 0 Å². The van der Waals surface area contributed by atoms with Crippen LogP contribution in [0.1, 0.15) is 25.0 Å². The minimum absolute atomic E-state index is 0.0720. The van der Waals surface area contributed by atoms with Crippen molar-refractivity contribution in [3.8, 4) is 22.3 Å². The Bertz CT molecular complexity index is 2400. The van der Waals surface area contributed by atoms with Gasteiger partial charge >= 0.3 is 0 Å². The highest BCUT2D eigenvalue weighted by Gasteiger charge is 2.35. The highest BCUT2D eigenvalue weighted by molar-refractivity contribution is 7.27. The van der Waals surface area contributed by atoms with Gasteiger partial charge in [0.15, 0.2) is 0 Å². The van der Waals surface area contributed by atoms with Crippen LogP contribution in [0.4, 0.5) is 17.1 Å². The van der Waals surface area contributed by atoms with Crippen molar-refractivity contribution in [1.29, 1.82) is 0 Å². The number of fused-ring (bicyclic) bond motifs is 8. The lowest BCUT2D eigenvalue weighted by Gasteiger charge is -2.28. The van der Waals surface area contributed by atoms with E-state index in [0.717, 1.165) is 5.69 Å². The molecule has 8 aromatic rings. The van der Waals surface area contributed by atoms with Gasteiger partial charge in [-0.2, -0.15) is 0 Å². The molecule has 0 spiro atoms. The van der Waals surface area contributed by atoms with Crippen LogP contribution in [0.5, 0.6) is 0 Å². The predicted molar refractivity (Wildman–Crippen MR) is 195 cm³/mol. The lowest BCUT2D eigenvalue weighted by atomic mass is 9.82. The summed E-state index contributed by atoms with van der Waals surface area (Å²) in [4.78, 5) is 2.46. The zero-order valence-corrected chi connectivity index (χ0v) is 26.1. The number of benzene rings is 7. The molecule has 7 aromatic carbocycles. The molecule has 0 unspecified atom stereocenters. The van der Waals surface area contributed by atoms with E-state index in [1.807, 2.05) is 11.3 Å². The first-order valence-corrected chi connectivity index (χ1v) is 16.4. The van der Waals surface area contributed by atoms with Crippen LogP contribution in [0.25, 0.3) is 53.2 Å². The standard InChI is InChI=1S/C43H31NS/c1-43(2)37-22-12-11-20-33(37)34-25-24-31(27-38(34)43)44(30-17-7-4-8-18-30)39-23-13-21-35-40-32-19-10-9-16-29(32)26-36(42(40)45-41(35)39)28-14-5-3-6-15-28/h3-27H,1-2H3. The Morgan fingerprint density at radius 2 is 1.18 bits per heavy atom. The van der Waals surface area contributed by atoms with Crippen LogP contribution >= 0.6 is 11.3 Å². The van der Waals surface area contributed by atoms with E-state index >= 15 is 0 Å². The number of hydrogen-bond donors (Lipinski definition) is 0. The molecule has 0 atom stereocenters. The van der Waals surface area contributed by atoms with Crippen molar-refractivity contribution in [2.45, 2.75) is 19.3 Å². The summed E-state index contributed by atoms with van der Waals surface area (Å²) in [6, 6.07) is 55.7. The third-order valence-corrected chi connectivity index (χ3v) is 10.9. The molecule has 0 saturated carbocycles. The van der Waals surface area contributed by atoms with E-state index in [1.165, 1.54) is 75.7 Å². The van der Waals surface area contributed by atoms with Crippen molar-refractivity contribution < 1.29 is 0 Å². The van der Waals surface area contributed by atoms with Gasteiger partial charge in [0.25, 0.3) is 0 Å². The molecule has 9 rings (SSSR count). The van der Waals surface area contributed by atoms with Crippen molar-refractivity contribution in [3.05, 3.63) is 163 Å². The molecule has 45 heavy (non-hydrogen) atoms. The van der Waals surface area contributed by atoms with Crippen LogP contribution in [0, 0.1) is 0 Å². The third kappa shape index (κ3) is 3.92. The molecule has 1 nitrogen and oxygen atoms in total. The van der Waals surface area contributed by atoms with E-state index < -0.39 is 0 Å². The number of anilines is 3. The molecule has 0 radical (unpaired) electrons. The zero-order chi connectivity index (χ0) is 30.1. The van der Waals surface area contributed by atoms with Crippen LogP contribution in [0.15, 0.2) is 152 Å². The van der Waals surface area contributed by atoms with Gasteiger partial charge in [-0.15, -0.1) is 11.3 Å². The van der Waals surface area contributed by atoms with Gasteiger partial charge in [-0.05, 0) is 75.0 Å². The molecule has 214 valence electrons. The van der Waals surface area contributed by atoms with Gasteiger partial charge in [-0.3, -0.25) is 0 Å². The molecule has 0 amide bonds. The number of nitrogens with zero attached hydrogens (tertiary/aromatic N) is 1. The van der Waals surface area contributed by atoms with E-state index in [4.69, 9.17) is 0 Å². The summed E-state index contributed by atoms with van der Waals surface area (Å²) in [5.74, 6) is 0. The molecule has 1 heterocycles. The molecular formula is C43H31NS. The van der Waals surface area contributed by atoms with Gasteiger partial charge in [0.1, 0.15) is 0 Å². The summed E-state index contributed by atoms with van der Waals surface area (Å²) in [6.07, 6.45) is 0. The fraction of sp³-hybridized carbons (Fsp3) is 0.0698. The fourth-order valence-electron chi connectivity index (χ4n) is 7.48. The number of hydrogen-bond acceptors (Lipinski definition) is 2. The highest BCUT2D eigenvalue weighted by atomic mass is 32.1. The molecule has 0 N–H and O–H groups in total. The van der Waals surface area contributed by atoms with Gasteiger partial charge in [0.2, 0.25) is 0 Å². The molecule has 0 saturated heterocycles. The van der Waals surface area contributed by atoms with Gasteiger partial charge < -0.3 is 4.90 Å². The molecule has 2 heteroatoms. The largest absolute Gasteiger partial charge is 0.309 e. The topological polar surface area (TPSA) is 3.24 Å². The summed E-state index contributed by atoms with van der Waals surface area (Å²) < 4.78 is 2.63. The number of para-hydroxylation sites is 1. The predicted octanol–water partition coefficient (Wildman–Crippen LogP) is 12.7. The molecule has 1 aliphatic rings. The van der Waals surface area contributed by atoms with E-state index in [0.29, 0.717) is 0 Å². The van der Waals surface area contributed by atoms with Crippen molar-refractivity contribution in [2.24, 2.45) is 0 Å². The normalized spacial score (nSPS) is 13.3. The summed E-state index contributed by atoms with van der Waals surface area (Å²) in [5.41, 5.74) is 11.5. The second-order valence-corrected chi connectivity index (χ2v) is 13.6. The van der Waals surface area contributed by atoms with Crippen molar-refractivity contribution in [3.63, 3.8) is 0 Å². The molecule has 1 aliphatic carbocycles. The maximum atomic E-state index is 2.46. The lowest BCUT2D eigenvalue weighted by molar-refractivity contribution is 0.660. The first kappa shape index (κ1) is 26.2. The van der Waals surface area contributed by atoms with E-state index in [2.05, 4.69) is 170 Å². The first-order valence-electron chi connectivity index (χ1n) is 15.6. The second-order valence-electron chi connectivity index (χ2n) is 12.5. The van der Waals surface area contributed by atoms with Crippen molar-refractivity contribution in [2.75, 3.05) is 4.90 Å². The lowest BCUT2D eigenvalue weighted by Crippen LogP contribution is -2.16. The molecule has 0 fully saturated rings. The van der Waals surface area contributed by atoms with Crippen LogP contribution in [-0.2, 0) is 5.41 Å². The van der Waals surface area contributed by atoms with Gasteiger partial charge in [0.05, 0.1) is 10.4 Å². The Kier molecular flexibility index (Phi) is 5.78. The molecule has 0 bridgehead atoms. The fourth-order valence-corrected chi connectivity index (χ4v) is 8.83. The third-order valence-electron chi connectivity index (χ3n) is 9.63. The van der Waals surface area contributed by atoms with Crippen LogP contribution < -0.4 is 4.90 Å². The monoisotopic (exact) mass is 593 g/mol. The average molecular weight is 594 g/mol. The SMILES string of the molecule is CC1(C)c2ccccc2-c2ccc(N(c3ccccc3)c3cccc4c3sc3c(-c5ccccc5)cc5ccccc5c34)cc21. The smallest absolute Gasteiger partial charge is 0.0640 e. The van der Waals surface area contributed by atoms with E-state index in [-0.39, 0.29) is 5.41 Å². The maximum Gasteiger partial charge on any atom is 0.0640 e. The molecule has 0 aliphatic heterocycles. The van der Waals surface area contributed by atoms with Crippen LogP contribution in [0.3, 0.4) is 0 Å². The summed E-state index contributed by atoms with van der Waals surface area (Å²) in [5, 5.41) is 5.22. The average Bonchev–Trinajstić information content (AvgIpc) is 3.59. The van der Waals surface area contributed by atoms with Gasteiger partial charge in [0, 0.05) is 37.8 Å². The van der Waals surface area contributed by atoms with Gasteiger partial charge in [-0.1, -0.05) is 129 Å². The minimum Gasteiger partial charge on any atom is -0.309 e.